The first-order valence-corrected chi connectivity index (χ1v) is 15.2. The molecule has 44 heavy (non-hydrogen) atoms. The van der Waals surface area contributed by atoms with Gasteiger partial charge in [-0.05, 0) is 43.0 Å². The van der Waals surface area contributed by atoms with Crippen LogP contribution in [0.1, 0.15) is 37.8 Å². The third kappa shape index (κ3) is 12.8. The lowest BCUT2D eigenvalue weighted by Gasteiger charge is -2.24. The standard InChI is InChI=1S/C33H48N2O9/c1-33(2,3)44-32(37)35(4)14-16-39-18-20-41-22-24-42-23-21-40-19-17-38-15-13-34-31(36)43-25-30-28-11-7-5-9-26(28)27-10-6-8-12-29(27)30/h5-12,30H,13-25H2,1-4H3,(H,34,36). The van der Waals surface area contributed by atoms with E-state index < -0.39 is 11.7 Å². The fraction of sp³-hybridized carbons (Fsp3) is 0.576. The van der Waals surface area contributed by atoms with E-state index >= 15 is 0 Å². The van der Waals surface area contributed by atoms with Crippen LogP contribution < -0.4 is 5.32 Å². The molecule has 0 aliphatic heterocycles. The number of nitrogens with zero attached hydrogens (tertiary/aromatic N) is 1. The van der Waals surface area contributed by atoms with E-state index in [1.165, 1.54) is 27.2 Å². The van der Waals surface area contributed by atoms with Crippen molar-refractivity contribution in [3.8, 4) is 11.1 Å². The Balaban J connectivity index is 1.07. The van der Waals surface area contributed by atoms with Crippen LogP contribution in [0.2, 0.25) is 0 Å². The van der Waals surface area contributed by atoms with Crippen molar-refractivity contribution in [2.75, 3.05) is 92.8 Å². The van der Waals surface area contributed by atoms with E-state index in [0.717, 1.165) is 0 Å². The van der Waals surface area contributed by atoms with Gasteiger partial charge < -0.3 is 43.4 Å². The average Bonchev–Trinajstić information content (AvgIpc) is 3.32. The van der Waals surface area contributed by atoms with Crippen molar-refractivity contribution in [1.82, 2.24) is 10.2 Å². The zero-order valence-electron chi connectivity index (χ0n) is 26.5. The first-order valence-electron chi connectivity index (χ1n) is 15.2. The van der Waals surface area contributed by atoms with E-state index in [9.17, 15) is 9.59 Å². The molecule has 3 rings (SSSR count). The van der Waals surface area contributed by atoms with Gasteiger partial charge in [0, 0.05) is 26.1 Å². The van der Waals surface area contributed by atoms with Crippen LogP contribution in [0.15, 0.2) is 48.5 Å². The number of amides is 2. The number of benzene rings is 2. The highest BCUT2D eigenvalue weighted by Gasteiger charge is 2.29. The summed E-state index contributed by atoms with van der Waals surface area (Å²) in [5, 5.41) is 2.73. The number of alkyl carbamates (subject to hydrolysis) is 1. The lowest BCUT2D eigenvalue weighted by molar-refractivity contribution is -0.0128. The topological polar surface area (TPSA) is 114 Å². The smallest absolute Gasteiger partial charge is 0.410 e. The molecule has 11 nitrogen and oxygen atoms in total. The highest BCUT2D eigenvalue weighted by atomic mass is 16.6. The number of hydrogen-bond donors (Lipinski definition) is 1. The van der Waals surface area contributed by atoms with Crippen molar-refractivity contribution in [2.24, 2.45) is 0 Å². The molecule has 0 saturated heterocycles. The maximum Gasteiger partial charge on any atom is 0.410 e. The Morgan fingerprint density at radius 2 is 1.16 bits per heavy atom. The Morgan fingerprint density at radius 1 is 0.705 bits per heavy atom. The molecule has 1 aliphatic carbocycles. The van der Waals surface area contributed by atoms with Gasteiger partial charge in [0.05, 0.1) is 66.1 Å². The summed E-state index contributed by atoms with van der Waals surface area (Å²) in [4.78, 5) is 25.6. The average molecular weight is 617 g/mol. The normalized spacial score (nSPS) is 12.5. The minimum Gasteiger partial charge on any atom is -0.449 e. The number of ether oxygens (including phenoxy) is 7. The summed E-state index contributed by atoms with van der Waals surface area (Å²) in [6.07, 6.45) is -0.824. The summed E-state index contributed by atoms with van der Waals surface area (Å²) in [7, 11) is 1.68. The van der Waals surface area contributed by atoms with E-state index in [0.29, 0.717) is 79.2 Å². The minimum absolute atomic E-state index is 0.0370. The van der Waals surface area contributed by atoms with Crippen molar-refractivity contribution < 1.29 is 42.7 Å². The maximum atomic E-state index is 12.2. The van der Waals surface area contributed by atoms with Gasteiger partial charge in [-0.15, -0.1) is 0 Å². The van der Waals surface area contributed by atoms with Gasteiger partial charge in [-0.25, -0.2) is 9.59 Å². The van der Waals surface area contributed by atoms with Crippen LogP contribution in [0.5, 0.6) is 0 Å². The van der Waals surface area contributed by atoms with E-state index in [2.05, 4.69) is 29.6 Å². The van der Waals surface area contributed by atoms with Gasteiger partial charge in [-0.2, -0.15) is 0 Å². The highest BCUT2D eigenvalue weighted by Crippen LogP contribution is 2.44. The summed E-state index contributed by atoms with van der Waals surface area (Å²) >= 11 is 0. The second-order valence-corrected chi connectivity index (χ2v) is 11.2. The number of carbonyl (C=O) groups excluding carboxylic acids is 2. The molecule has 0 spiro atoms. The molecule has 0 heterocycles. The number of nitrogens with one attached hydrogen (secondary N) is 1. The predicted octanol–water partition coefficient (Wildman–Crippen LogP) is 4.48. The lowest BCUT2D eigenvalue weighted by atomic mass is 9.98. The van der Waals surface area contributed by atoms with Crippen LogP contribution in [0.25, 0.3) is 11.1 Å². The van der Waals surface area contributed by atoms with Crippen LogP contribution >= 0.6 is 0 Å². The largest absolute Gasteiger partial charge is 0.449 e. The van der Waals surface area contributed by atoms with Crippen LogP contribution in [-0.4, -0.2) is 116 Å². The first kappa shape index (κ1) is 35.3. The maximum absolute atomic E-state index is 12.2. The SMILES string of the molecule is CN(CCOCCOCCOCCOCCOCCNC(=O)OCC1c2ccccc2-c2ccccc21)C(=O)OC(C)(C)C. The Hall–Kier alpha value is -3.22. The Labute approximate surface area is 261 Å². The second-order valence-electron chi connectivity index (χ2n) is 11.2. The molecule has 11 heteroatoms. The fourth-order valence-electron chi connectivity index (χ4n) is 4.49. The van der Waals surface area contributed by atoms with Crippen molar-refractivity contribution in [3.05, 3.63) is 59.7 Å². The van der Waals surface area contributed by atoms with E-state index in [4.69, 9.17) is 33.2 Å². The Morgan fingerprint density at radius 3 is 1.66 bits per heavy atom. The van der Waals surface area contributed by atoms with Crippen molar-refractivity contribution in [2.45, 2.75) is 32.3 Å². The molecule has 0 aromatic heterocycles. The number of hydrogen-bond acceptors (Lipinski definition) is 9. The molecule has 1 aliphatic rings. The van der Waals surface area contributed by atoms with E-state index in [-0.39, 0.29) is 18.6 Å². The van der Waals surface area contributed by atoms with E-state index in [1.807, 2.05) is 45.0 Å². The highest BCUT2D eigenvalue weighted by molar-refractivity contribution is 5.79. The monoisotopic (exact) mass is 616 g/mol. The van der Waals surface area contributed by atoms with Crippen molar-refractivity contribution >= 4 is 12.2 Å². The Bertz CT molecular complexity index is 1090. The zero-order valence-corrected chi connectivity index (χ0v) is 26.5. The summed E-state index contributed by atoms with van der Waals surface area (Å²) in [5.74, 6) is 0.0370. The third-order valence-electron chi connectivity index (χ3n) is 6.62. The molecule has 0 unspecified atom stereocenters. The molecule has 0 bridgehead atoms. The molecule has 2 amide bonds. The number of fused-ring (bicyclic) bond motifs is 3. The number of likely N-dealkylation sites (N-methyl/N-ethyl adjacent to an activating group) is 1. The van der Waals surface area contributed by atoms with Gasteiger partial charge in [0.15, 0.2) is 0 Å². The summed E-state index contributed by atoms with van der Waals surface area (Å²) in [5.41, 5.74) is 4.25. The van der Waals surface area contributed by atoms with Gasteiger partial charge >= 0.3 is 12.2 Å². The second kappa shape index (κ2) is 19.2. The minimum atomic E-state index is -0.514. The van der Waals surface area contributed by atoms with E-state index in [1.54, 1.807) is 7.05 Å². The molecular weight excluding hydrogens is 568 g/mol. The number of rotatable bonds is 20. The molecule has 0 saturated carbocycles. The van der Waals surface area contributed by atoms with Gasteiger partial charge in [0.2, 0.25) is 0 Å². The molecule has 0 fully saturated rings. The van der Waals surface area contributed by atoms with Gasteiger partial charge in [-0.3, -0.25) is 0 Å². The first-order chi connectivity index (χ1) is 21.3. The van der Waals surface area contributed by atoms with Crippen LogP contribution in [-0.2, 0) is 33.2 Å². The molecule has 2 aromatic rings. The zero-order chi connectivity index (χ0) is 31.6. The quantitative estimate of drug-likeness (QED) is 0.215. The lowest BCUT2D eigenvalue weighted by Crippen LogP contribution is -2.36. The summed E-state index contributed by atoms with van der Waals surface area (Å²) < 4.78 is 38.2. The van der Waals surface area contributed by atoms with Crippen molar-refractivity contribution in [1.29, 1.82) is 0 Å². The molecular formula is C33H48N2O9. The van der Waals surface area contributed by atoms with Gasteiger partial charge in [0.25, 0.3) is 0 Å². The predicted molar refractivity (Wildman–Crippen MR) is 166 cm³/mol. The fourth-order valence-corrected chi connectivity index (χ4v) is 4.49. The molecule has 0 radical (unpaired) electrons. The molecule has 2 aromatic carbocycles. The molecule has 244 valence electrons. The summed E-state index contributed by atoms with van der Waals surface area (Å²) in [6.45, 7) is 10.9. The summed E-state index contributed by atoms with van der Waals surface area (Å²) in [6, 6.07) is 16.5. The third-order valence-corrected chi connectivity index (χ3v) is 6.62. The Kier molecular flexibility index (Phi) is 15.4. The van der Waals surface area contributed by atoms with Crippen LogP contribution in [0.3, 0.4) is 0 Å². The number of carbonyl (C=O) groups is 2. The van der Waals surface area contributed by atoms with Gasteiger partial charge in [0.1, 0.15) is 12.2 Å². The van der Waals surface area contributed by atoms with Gasteiger partial charge in [-0.1, -0.05) is 48.5 Å². The molecule has 0 atom stereocenters. The van der Waals surface area contributed by atoms with Crippen LogP contribution in [0, 0.1) is 0 Å². The van der Waals surface area contributed by atoms with Crippen LogP contribution in [0.4, 0.5) is 9.59 Å². The molecule has 1 N–H and O–H groups in total. The van der Waals surface area contributed by atoms with Crippen molar-refractivity contribution in [3.63, 3.8) is 0 Å².